The summed E-state index contributed by atoms with van der Waals surface area (Å²) >= 11 is 0. The number of nitrogens with two attached hydrogens (primary N) is 1. The summed E-state index contributed by atoms with van der Waals surface area (Å²) in [4.78, 5) is 46.4. The van der Waals surface area contributed by atoms with Gasteiger partial charge in [-0.2, -0.15) is 0 Å². The first-order valence-corrected chi connectivity index (χ1v) is 16.8. The first-order chi connectivity index (χ1) is 22.1. The molecule has 3 rings (SSSR count). The van der Waals surface area contributed by atoms with Crippen molar-refractivity contribution in [3.63, 3.8) is 0 Å². The molecule has 1 aliphatic rings. The number of primary amides is 1. The summed E-state index contributed by atoms with van der Waals surface area (Å²) in [6, 6.07) is 7.90. The number of aromatic nitrogens is 2. The lowest BCUT2D eigenvalue weighted by Gasteiger charge is -2.30. The molecule has 0 spiro atoms. The average molecular weight is 637 g/mol. The van der Waals surface area contributed by atoms with Crippen molar-refractivity contribution in [3.05, 3.63) is 54.6 Å². The zero-order valence-corrected chi connectivity index (χ0v) is 27.8. The minimum absolute atomic E-state index is 0.0291. The van der Waals surface area contributed by atoms with Crippen LogP contribution in [-0.4, -0.2) is 80.3 Å². The van der Waals surface area contributed by atoms with Crippen LogP contribution >= 0.6 is 0 Å². The molecule has 2 aromatic rings. The molecule has 1 aliphatic carbocycles. The van der Waals surface area contributed by atoms with Crippen LogP contribution in [0.2, 0.25) is 0 Å². The number of aliphatic hydroxyl groups is 2. The number of imidazole rings is 1. The number of nitrogens with zero attached hydrogens (tertiary/aromatic N) is 3. The Balaban J connectivity index is 1.73. The standard InChI is InChI=1S/C36H53N5O5/c1-5-12-30(36(46)39-31(23-28-15-10-7-11-16-28)34(44)32(42)21-26(2)3)38-35(45)29(22-27-13-8-6-9-14-27)24-33(43)40(4)19-20-41-18-17-37-25-41/h1,6,8-9,13-14,17-18,25-26,28-32,34,42,44H,7,10-12,15-16,19-24H2,2-4H3,(H,38,45)(H,39,46)/p+1. The van der Waals surface area contributed by atoms with Crippen LogP contribution in [0.4, 0.5) is 0 Å². The molecule has 3 amide bonds. The molecule has 1 saturated carbocycles. The lowest BCUT2D eigenvalue weighted by atomic mass is 9.82. The number of aliphatic hydroxyl groups excluding tert-OH is 2. The number of benzene rings is 1. The molecule has 46 heavy (non-hydrogen) atoms. The molecule has 0 aliphatic heterocycles. The predicted octanol–water partition coefficient (Wildman–Crippen LogP) is 2.30. The summed E-state index contributed by atoms with van der Waals surface area (Å²) in [6.45, 7) is 4.99. The van der Waals surface area contributed by atoms with Gasteiger partial charge >= 0.3 is 5.91 Å². The van der Waals surface area contributed by atoms with Crippen molar-refractivity contribution < 1.29 is 29.9 Å². The van der Waals surface area contributed by atoms with Gasteiger partial charge in [0.25, 0.3) is 0 Å². The maximum Gasteiger partial charge on any atom is 0.334 e. The fourth-order valence-electron chi connectivity index (χ4n) is 6.31. The molecule has 0 bridgehead atoms. The van der Waals surface area contributed by atoms with E-state index >= 15 is 0 Å². The normalized spacial score (nSPS) is 17.0. The maximum absolute atomic E-state index is 13.8. The summed E-state index contributed by atoms with van der Waals surface area (Å²) < 4.78 is 1.88. The van der Waals surface area contributed by atoms with E-state index < -0.39 is 36.1 Å². The van der Waals surface area contributed by atoms with E-state index in [-0.39, 0.29) is 30.6 Å². The highest BCUT2D eigenvalue weighted by molar-refractivity contribution is 5.88. The third-order valence-corrected chi connectivity index (χ3v) is 9.03. The molecule has 0 saturated heterocycles. The molecular formula is C36H54N5O5+. The van der Waals surface area contributed by atoms with Gasteiger partial charge in [0.1, 0.15) is 12.1 Å². The predicted molar refractivity (Wildman–Crippen MR) is 177 cm³/mol. The Kier molecular flexibility index (Phi) is 15.4. The zero-order chi connectivity index (χ0) is 33.5. The van der Waals surface area contributed by atoms with Gasteiger partial charge in [0, 0.05) is 51.8 Å². The quantitative estimate of drug-likeness (QED) is 0.185. The van der Waals surface area contributed by atoms with Crippen molar-refractivity contribution in [2.75, 3.05) is 13.6 Å². The van der Waals surface area contributed by atoms with Crippen molar-refractivity contribution in [1.82, 2.24) is 19.8 Å². The van der Waals surface area contributed by atoms with Crippen molar-refractivity contribution in [2.24, 2.45) is 17.8 Å². The Morgan fingerprint density at radius 1 is 1.15 bits per heavy atom. The lowest BCUT2D eigenvalue weighted by molar-refractivity contribution is -0.620. The van der Waals surface area contributed by atoms with Crippen LogP contribution in [0, 0.1) is 30.1 Å². The molecule has 5 unspecified atom stereocenters. The highest BCUT2D eigenvalue weighted by Crippen LogP contribution is 2.28. The van der Waals surface area contributed by atoms with Crippen LogP contribution in [0.1, 0.15) is 77.2 Å². The molecular weight excluding hydrogens is 582 g/mol. The lowest BCUT2D eigenvalue weighted by Crippen LogP contribution is -2.98. The maximum atomic E-state index is 13.8. The van der Waals surface area contributed by atoms with Crippen molar-refractivity contribution in [2.45, 2.75) is 109 Å². The Hall–Kier alpha value is -3.52. The van der Waals surface area contributed by atoms with E-state index in [4.69, 9.17) is 6.42 Å². The second-order valence-electron chi connectivity index (χ2n) is 13.3. The fraction of sp³-hybridized carbons (Fsp3) is 0.611. The topological polar surface area (TPSA) is 141 Å². The van der Waals surface area contributed by atoms with Gasteiger partial charge in [-0.05, 0) is 30.2 Å². The monoisotopic (exact) mass is 636 g/mol. The third-order valence-electron chi connectivity index (χ3n) is 9.03. The molecule has 10 nitrogen and oxygen atoms in total. The summed E-state index contributed by atoms with van der Waals surface area (Å²) in [5.41, 5.74) is 0.901. The third kappa shape index (κ3) is 12.3. The second kappa shape index (κ2) is 19.2. The first-order valence-electron chi connectivity index (χ1n) is 16.8. The highest BCUT2D eigenvalue weighted by Gasteiger charge is 2.37. The second-order valence-corrected chi connectivity index (χ2v) is 13.3. The molecule has 1 heterocycles. The largest absolute Gasteiger partial charge is 0.390 e. The number of likely N-dealkylation sites (N-methyl/N-ethyl adjacent to an activating group) is 1. The fourth-order valence-corrected chi connectivity index (χ4v) is 6.31. The van der Waals surface area contributed by atoms with Gasteiger partial charge in [0.15, 0.2) is 6.04 Å². The summed E-state index contributed by atoms with van der Waals surface area (Å²) in [5.74, 6) is 1.33. The van der Waals surface area contributed by atoms with Gasteiger partial charge in [0.2, 0.25) is 11.8 Å². The summed E-state index contributed by atoms with van der Waals surface area (Å²) in [6.07, 6.45) is 15.5. The van der Waals surface area contributed by atoms with E-state index in [0.717, 1.165) is 31.2 Å². The van der Waals surface area contributed by atoms with E-state index in [1.54, 1.807) is 24.5 Å². The summed E-state index contributed by atoms with van der Waals surface area (Å²) in [5, 5.41) is 26.3. The van der Waals surface area contributed by atoms with Crippen LogP contribution in [0.15, 0.2) is 49.1 Å². The molecule has 0 radical (unpaired) electrons. The number of amides is 3. The number of hydrogen-bond donors (Lipinski definition) is 4. The number of carbonyl (C=O) groups is 3. The molecule has 10 heteroatoms. The molecule has 1 aromatic carbocycles. The average Bonchev–Trinajstić information content (AvgIpc) is 3.57. The van der Waals surface area contributed by atoms with E-state index in [9.17, 15) is 24.6 Å². The van der Waals surface area contributed by atoms with Crippen molar-refractivity contribution >= 4 is 17.7 Å². The SMILES string of the molecule is C#CCC(NC(=O)C(CC(=O)N(C)CCn1ccnc1)Cc1ccccc1)C(=O)[NH2+]C(CC1CCCCC1)C(O)C(O)CC(C)C. The van der Waals surface area contributed by atoms with Gasteiger partial charge in [0.05, 0.1) is 18.3 Å². The van der Waals surface area contributed by atoms with Crippen LogP contribution in [0.5, 0.6) is 0 Å². The first kappa shape index (κ1) is 36.9. The van der Waals surface area contributed by atoms with Gasteiger partial charge in [-0.25, -0.2) is 9.78 Å². The number of terminal acetylenes is 1. The van der Waals surface area contributed by atoms with Gasteiger partial charge in [-0.15, -0.1) is 12.3 Å². The molecule has 5 atom stereocenters. The van der Waals surface area contributed by atoms with Gasteiger partial charge in [-0.3, -0.25) is 14.9 Å². The highest BCUT2D eigenvalue weighted by atomic mass is 16.3. The van der Waals surface area contributed by atoms with Crippen molar-refractivity contribution in [1.29, 1.82) is 0 Å². The molecule has 5 N–H and O–H groups in total. The van der Waals surface area contributed by atoms with Crippen LogP contribution in [0.3, 0.4) is 0 Å². The molecule has 252 valence electrons. The van der Waals surface area contributed by atoms with Gasteiger partial charge < -0.3 is 25.0 Å². The Morgan fingerprint density at radius 2 is 1.87 bits per heavy atom. The summed E-state index contributed by atoms with van der Waals surface area (Å²) in [7, 11) is 1.71. The smallest absolute Gasteiger partial charge is 0.334 e. The van der Waals surface area contributed by atoms with Crippen LogP contribution in [0.25, 0.3) is 0 Å². The Labute approximate surface area is 274 Å². The Morgan fingerprint density at radius 3 is 2.50 bits per heavy atom. The van der Waals surface area contributed by atoms with E-state index in [0.29, 0.717) is 38.3 Å². The minimum Gasteiger partial charge on any atom is -0.390 e. The molecule has 1 aromatic heterocycles. The minimum atomic E-state index is -1.10. The number of carbonyl (C=O) groups excluding carboxylic acids is 3. The molecule has 1 fully saturated rings. The van der Waals surface area contributed by atoms with Crippen LogP contribution < -0.4 is 10.6 Å². The van der Waals surface area contributed by atoms with E-state index in [1.807, 2.05) is 54.9 Å². The number of hydrogen-bond acceptors (Lipinski definition) is 6. The van der Waals surface area contributed by atoms with E-state index in [2.05, 4.69) is 16.2 Å². The zero-order valence-electron chi connectivity index (χ0n) is 27.8. The number of quaternary nitrogens is 1. The number of rotatable bonds is 18. The van der Waals surface area contributed by atoms with E-state index in [1.165, 1.54) is 11.7 Å². The Bertz CT molecular complexity index is 1240. The van der Waals surface area contributed by atoms with Crippen molar-refractivity contribution in [3.8, 4) is 12.3 Å². The number of nitrogens with one attached hydrogen (secondary N) is 1. The van der Waals surface area contributed by atoms with Crippen LogP contribution in [-0.2, 0) is 27.3 Å². The van der Waals surface area contributed by atoms with Gasteiger partial charge in [-0.1, -0.05) is 76.3 Å².